The predicted molar refractivity (Wildman–Crippen MR) is 116 cm³/mol. The van der Waals surface area contributed by atoms with Gasteiger partial charge in [0.1, 0.15) is 11.5 Å². The Balaban J connectivity index is 1.49. The number of fused-ring (bicyclic) bond motifs is 1. The molecule has 0 unspecified atom stereocenters. The number of rotatable bonds is 5. The van der Waals surface area contributed by atoms with Crippen LogP contribution in [0.2, 0.25) is 0 Å². The third-order valence-corrected chi connectivity index (χ3v) is 6.39. The number of halogens is 1. The molecule has 0 aliphatic heterocycles. The average molecular weight is 424 g/mol. The molecule has 8 heteroatoms. The fourth-order valence-electron chi connectivity index (χ4n) is 4.05. The molecule has 3 aromatic heterocycles. The summed E-state index contributed by atoms with van der Waals surface area (Å²) in [6.45, 7) is 0.432. The maximum absolute atomic E-state index is 13.4. The van der Waals surface area contributed by atoms with Gasteiger partial charge in [-0.2, -0.15) is 0 Å². The Morgan fingerprint density at radius 2 is 1.90 bits per heavy atom. The summed E-state index contributed by atoms with van der Waals surface area (Å²) < 4.78 is 15.4. The Bertz CT molecular complexity index is 1160. The number of hydrogen-bond donors (Lipinski definition) is 2. The molecule has 5 rings (SSSR count). The number of nitrogens with one attached hydrogen (secondary N) is 1. The first-order chi connectivity index (χ1) is 14.6. The zero-order valence-electron chi connectivity index (χ0n) is 16.4. The molecule has 0 saturated heterocycles. The van der Waals surface area contributed by atoms with Crippen molar-refractivity contribution in [1.29, 1.82) is 0 Å². The van der Waals surface area contributed by atoms with Gasteiger partial charge in [-0.15, -0.1) is 11.3 Å². The number of benzene rings is 1. The van der Waals surface area contributed by atoms with Gasteiger partial charge in [0.2, 0.25) is 5.95 Å². The maximum Gasteiger partial charge on any atom is 0.223 e. The van der Waals surface area contributed by atoms with Crippen LogP contribution in [0.1, 0.15) is 32.1 Å². The molecule has 0 bridgehead atoms. The van der Waals surface area contributed by atoms with Crippen molar-refractivity contribution in [3.8, 4) is 22.6 Å². The van der Waals surface area contributed by atoms with Gasteiger partial charge in [0, 0.05) is 29.9 Å². The molecule has 1 fully saturated rings. The molecule has 3 heterocycles. The van der Waals surface area contributed by atoms with Crippen molar-refractivity contribution in [1.82, 2.24) is 19.4 Å². The van der Waals surface area contributed by atoms with E-state index in [1.807, 2.05) is 22.0 Å². The second-order valence-corrected chi connectivity index (χ2v) is 8.65. The number of hydrogen-bond acceptors (Lipinski definition) is 6. The Kier molecular flexibility index (Phi) is 4.96. The highest BCUT2D eigenvalue weighted by Gasteiger charge is 2.29. The quantitative estimate of drug-likeness (QED) is 0.484. The van der Waals surface area contributed by atoms with Crippen molar-refractivity contribution >= 4 is 22.2 Å². The van der Waals surface area contributed by atoms with Gasteiger partial charge in [-0.05, 0) is 43.2 Å². The molecule has 154 valence electrons. The highest BCUT2D eigenvalue weighted by atomic mass is 32.1. The van der Waals surface area contributed by atoms with Gasteiger partial charge in [0.15, 0.2) is 4.96 Å². The Labute approximate surface area is 177 Å². The highest BCUT2D eigenvalue weighted by Crippen LogP contribution is 2.34. The minimum Gasteiger partial charge on any atom is -0.388 e. The number of aromatic nitrogens is 4. The monoisotopic (exact) mass is 423 g/mol. The molecule has 6 nitrogen and oxygen atoms in total. The van der Waals surface area contributed by atoms with Crippen molar-refractivity contribution in [2.75, 3.05) is 11.9 Å². The molecule has 1 saturated carbocycles. The van der Waals surface area contributed by atoms with Crippen molar-refractivity contribution in [2.24, 2.45) is 0 Å². The summed E-state index contributed by atoms with van der Waals surface area (Å²) in [5.74, 6) is 0.192. The van der Waals surface area contributed by atoms with Gasteiger partial charge in [0.25, 0.3) is 0 Å². The van der Waals surface area contributed by atoms with Crippen LogP contribution in [-0.2, 0) is 0 Å². The predicted octanol–water partition coefficient (Wildman–Crippen LogP) is 4.77. The average Bonchev–Trinajstić information content (AvgIpc) is 3.35. The number of imidazole rings is 1. The van der Waals surface area contributed by atoms with Crippen LogP contribution in [0.3, 0.4) is 0 Å². The molecule has 4 aromatic rings. The minimum atomic E-state index is -0.700. The van der Waals surface area contributed by atoms with Crippen molar-refractivity contribution < 1.29 is 9.50 Å². The van der Waals surface area contributed by atoms with Crippen LogP contribution in [0.5, 0.6) is 0 Å². The van der Waals surface area contributed by atoms with E-state index in [9.17, 15) is 9.50 Å². The van der Waals surface area contributed by atoms with E-state index >= 15 is 0 Å². The fraction of sp³-hybridized carbons (Fsp3) is 0.318. The third kappa shape index (κ3) is 3.68. The van der Waals surface area contributed by atoms with E-state index < -0.39 is 5.60 Å². The van der Waals surface area contributed by atoms with Crippen molar-refractivity contribution in [3.05, 3.63) is 53.9 Å². The van der Waals surface area contributed by atoms with Crippen LogP contribution in [0, 0.1) is 5.82 Å². The van der Waals surface area contributed by atoms with Crippen molar-refractivity contribution in [3.63, 3.8) is 0 Å². The first-order valence-corrected chi connectivity index (χ1v) is 11.0. The summed E-state index contributed by atoms with van der Waals surface area (Å²) in [7, 11) is 0. The molecular weight excluding hydrogens is 401 g/mol. The summed E-state index contributed by atoms with van der Waals surface area (Å²) >= 11 is 1.53. The van der Waals surface area contributed by atoms with Crippen LogP contribution in [0.25, 0.3) is 27.6 Å². The molecule has 30 heavy (non-hydrogen) atoms. The SMILES string of the molecule is OC1(CNc2nccc(-c3c(-c4ccc(F)cc4)nc4sccn34)n2)CCCCC1. The Hall–Kier alpha value is -2.84. The topological polar surface area (TPSA) is 75.3 Å². The Morgan fingerprint density at radius 3 is 2.70 bits per heavy atom. The van der Waals surface area contributed by atoms with Gasteiger partial charge >= 0.3 is 0 Å². The molecule has 2 N–H and O–H groups in total. The highest BCUT2D eigenvalue weighted by molar-refractivity contribution is 7.15. The lowest BCUT2D eigenvalue weighted by Crippen LogP contribution is -2.39. The van der Waals surface area contributed by atoms with Crippen LogP contribution < -0.4 is 5.32 Å². The van der Waals surface area contributed by atoms with Crippen LogP contribution >= 0.6 is 11.3 Å². The molecule has 0 amide bonds. The maximum atomic E-state index is 13.4. The Morgan fingerprint density at radius 1 is 1.10 bits per heavy atom. The molecule has 0 radical (unpaired) electrons. The molecule has 1 aliphatic carbocycles. The van der Waals surface area contributed by atoms with Crippen LogP contribution in [0.15, 0.2) is 48.1 Å². The fourth-order valence-corrected chi connectivity index (χ4v) is 4.76. The van der Waals surface area contributed by atoms with E-state index in [0.717, 1.165) is 47.6 Å². The zero-order chi connectivity index (χ0) is 20.6. The second-order valence-electron chi connectivity index (χ2n) is 7.78. The number of thiazole rings is 1. The van der Waals surface area contributed by atoms with Gasteiger partial charge in [-0.1, -0.05) is 19.3 Å². The number of aliphatic hydroxyl groups is 1. The molecule has 0 spiro atoms. The van der Waals surface area contributed by atoms with E-state index in [1.54, 1.807) is 18.3 Å². The third-order valence-electron chi connectivity index (χ3n) is 5.64. The lowest BCUT2D eigenvalue weighted by molar-refractivity contribution is 0.0166. The summed E-state index contributed by atoms with van der Waals surface area (Å²) in [4.78, 5) is 14.6. The van der Waals surface area contributed by atoms with Gasteiger partial charge < -0.3 is 10.4 Å². The largest absolute Gasteiger partial charge is 0.388 e. The van der Waals surface area contributed by atoms with E-state index in [-0.39, 0.29) is 5.82 Å². The van der Waals surface area contributed by atoms with Gasteiger partial charge in [-0.3, -0.25) is 4.40 Å². The molecule has 1 aromatic carbocycles. The first-order valence-electron chi connectivity index (χ1n) is 10.1. The van der Waals surface area contributed by atoms with Crippen LogP contribution in [0.4, 0.5) is 10.3 Å². The van der Waals surface area contributed by atoms with Gasteiger partial charge in [0.05, 0.1) is 17.0 Å². The number of anilines is 1. The summed E-state index contributed by atoms with van der Waals surface area (Å²) in [6, 6.07) is 8.16. The van der Waals surface area contributed by atoms with Crippen LogP contribution in [-0.4, -0.2) is 36.6 Å². The second kappa shape index (κ2) is 7.77. The smallest absolute Gasteiger partial charge is 0.223 e. The minimum absolute atomic E-state index is 0.282. The zero-order valence-corrected chi connectivity index (χ0v) is 17.2. The normalized spacial score (nSPS) is 16.1. The summed E-state index contributed by atoms with van der Waals surface area (Å²) in [5.41, 5.74) is 2.42. The number of nitrogens with zero attached hydrogens (tertiary/aromatic N) is 4. The summed E-state index contributed by atoms with van der Waals surface area (Å²) in [6.07, 6.45) is 8.53. The molecule has 1 aliphatic rings. The van der Waals surface area contributed by atoms with E-state index in [2.05, 4.69) is 10.3 Å². The summed E-state index contributed by atoms with van der Waals surface area (Å²) in [5, 5.41) is 15.9. The lowest BCUT2D eigenvalue weighted by Gasteiger charge is -2.32. The lowest BCUT2D eigenvalue weighted by atomic mass is 9.85. The van der Waals surface area contributed by atoms with Crippen molar-refractivity contribution in [2.45, 2.75) is 37.7 Å². The van der Waals surface area contributed by atoms with E-state index in [0.29, 0.717) is 18.2 Å². The van der Waals surface area contributed by atoms with E-state index in [1.165, 1.54) is 29.9 Å². The first kappa shape index (κ1) is 19.1. The standard InChI is InChI=1S/C22H22FN5OS/c23-16-6-4-15(5-7-16)18-19(28-12-13-30-21(28)27-18)17-8-11-24-20(26-17)25-14-22(29)9-2-1-3-10-22/h4-8,11-13,29H,1-3,9-10,14H2,(H,24,25,26). The van der Waals surface area contributed by atoms with E-state index in [4.69, 9.17) is 9.97 Å². The molecular formula is C22H22FN5OS. The van der Waals surface area contributed by atoms with Gasteiger partial charge in [-0.25, -0.2) is 19.3 Å². The molecule has 0 atom stereocenters.